The number of carboxylic acids is 1. The molecule has 0 bridgehead atoms. The van der Waals surface area contributed by atoms with E-state index < -0.39 is 5.97 Å². The summed E-state index contributed by atoms with van der Waals surface area (Å²) in [6.07, 6.45) is 0. The van der Waals surface area contributed by atoms with Crippen LogP contribution in [0, 0.1) is 0 Å². The summed E-state index contributed by atoms with van der Waals surface area (Å²) in [5.41, 5.74) is 1.14. The molecule has 4 rings (SSSR count). The summed E-state index contributed by atoms with van der Waals surface area (Å²) in [7, 11) is 0. The molecule has 4 aromatic rings. The van der Waals surface area contributed by atoms with Crippen LogP contribution in [0.25, 0.3) is 30.2 Å². The minimum absolute atomic E-state index is 0.300. The number of carbonyl (C=O) groups is 1. The van der Waals surface area contributed by atoms with Gasteiger partial charge in [-0.25, -0.2) is 9.78 Å². The molecule has 0 amide bonds. The number of benzene rings is 2. The van der Waals surface area contributed by atoms with Crippen LogP contribution in [-0.4, -0.2) is 16.1 Å². The molecule has 0 aliphatic rings. The van der Waals surface area contributed by atoms with Gasteiger partial charge in [-0.1, -0.05) is 18.2 Å². The number of fused-ring (bicyclic) bond motifs is 2. The van der Waals surface area contributed by atoms with E-state index in [0.717, 1.165) is 20.1 Å². The number of thiazole rings is 1. The van der Waals surface area contributed by atoms with E-state index >= 15 is 0 Å². The van der Waals surface area contributed by atoms with Crippen molar-refractivity contribution in [3.05, 3.63) is 54.1 Å². The molecule has 0 saturated heterocycles. The van der Waals surface area contributed by atoms with Gasteiger partial charge in [0.1, 0.15) is 5.01 Å². The molecule has 0 unspecified atom stereocenters. The second-order valence-corrected chi connectivity index (χ2v) is 6.77. The van der Waals surface area contributed by atoms with Crippen molar-refractivity contribution in [1.82, 2.24) is 4.98 Å². The van der Waals surface area contributed by atoms with E-state index in [1.165, 1.54) is 21.4 Å². The highest BCUT2D eigenvalue weighted by Crippen LogP contribution is 2.37. The van der Waals surface area contributed by atoms with Gasteiger partial charge in [-0.3, -0.25) is 0 Å². The number of carboxylic acid groups (broad SMARTS) is 1. The predicted octanol–water partition coefficient (Wildman–Crippen LogP) is 4.88. The monoisotopic (exact) mass is 311 g/mol. The van der Waals surface area contributed by atoms with Crippen molar-refractivity contribution in [2.75, 3.05) is 0 Å². The van der Waals surface area contributed by atoms with E-state index in [-0.39, 0.29) is 0 Å². The Balaban J connectivity index is 1.87. The zero-order chi connectivity index (χ0) is 14.4. The molecule has 0 aliphatic heterocycles. The molecular formula is C16H9NO2S2. The van der Waals surface area contributed by atoms with Crippen LogP contribution < -0.4 is 0 Å². The van der Waals surface area contributed by atoms with E-state index in [1.807, 2.05) is 12.1 Å². The third-order valence-electron chi connectivity index (χ3n) is 3.27. The highest BCUT2D eigenvalue weighted by molar-refractivity contribution is 7.28. The highest BCUT2D eigenvalue weighted by Gasteiger charge is 2.11. The maximum absolute atomic E-state index is 11.0. The van der Waals surface area contributed by atoms with Crippen LogP contribution in [0.5, 0.6) is 0 Å². The van der Waals surface area contributed by atoms with E-state index in [0.29, 0.717) is 5.56 Å². The van der Waals surface area contributed by atoms with Crippen LogP contribution in [-0.2, 0) is 0 Å². The van der Waals surface area contributed by atoms with Gasteiger partial charge >= 0.3 is 5.97 Å². The van der Waals surface area contributed by atoms with Crippen LogP contribution in [0.4, 0.5) is 0 Å². The van der Waals surface area contributed by atoms with Crippen LogP contribution in [0.1, 0.15) is 10.4 Å². The first-order valence-corrected chi connectivity index (χ1v) is 7.97. The molecule has 2 heterocycles. The average Bonchev–Trinajstić information content (AvgIpc) is 3.09. The van der Waals surface area contributed by atoms with Gasteiger partial charge in [-0.15, -0.1) is 22.7 Å². The third kappa shape index (κ3) is 2.11. The van der Waals surface area contributed by atoms with Gasteiger partial charge < -0.3 is 5.11 Å². The summed E-state index contributed by atoms with van der Waals surface area (Å²) in [5.74, 6) is -0.909. The number of rotatable bonds is 2. The lowest BCUT2D eigenvalue weighted by Gasteiger charge is -1.91. The number of thiophene rings is 1. The quantitative estimate of drug-likeness (QED) is 0.574. The SMILES string of the molecule is O=C(O)c1ccc2nc(-c3cc4ccccc4s3)sc2c1. The second kappa shape index (κ2) is 4.65. The van der Waals surface area contributed by atoms with Crippen molar-refractivity contribution in [3.63, 3.8) is 0 Å². The molecule has 1 N–H and O–H groups in total. The maximum atomic E-state index is 11.0. The summed E-state index contributed by atoms with van der Waals surface area (Å²) in [4.78, 5) is 16.8. The number of aromatic carboxylic acids is 1. The maximum Gasteiger partial charge on any atom is 0.335 e. The first-order chi connectivity index (χ1) is 10.2. The van der Waals surface area contributed by atoms with Crippen LogP contribution >= 0.6 is 22.7 Å². The fourth-order valence-corrected chi connectivity index (χ4v) is 4.36. The van der Waals surface area contributed by atoms with Gasteiger partial charge in [0.15, 0.2) is 0 Å². The molecule has 0 fully saturated rings. The normalized spacial score (nSPS) is 11.2. The minimum atomic E-state index is -0.909. The summed E-state index contributed by atoms with van der Waals surface area (Å²) in [6.45, 7) is 0. The molecule has 0 radical (unpaired) electrons. The average molecular weight is 311 g/mol. The predicted molar refractivity (Wildman–Crippen MR) is 87.4 cm³/mol. The van der Waals surface area contributed by atoms with Crippen molar-refractivity contribution < 1.29 is 9.90 Å². The summed E-state index contributed by atoms with van der Waals surface area (Å²) in [6, 6.07) is 15.4. The topological polar surface area (TPSA) is 50.2 Å². The lowest BCUT2D eigenvalue weighted by Crippen LogP contribution is -1.94. The lowest BCUT2D eigenvalue weighted by molar-refractivity contribution is 0.0697. The summed E-state index contributed by atoms with van der Waals surface area (Å²) >= 11 is 3.24. The van der Waals surface area contributed by atoms with Gasteiger partial charge in [0.25, 0.3) is 0 Å². The Morgan fingerprint density at radius 2 is 1.86 bits per heavy atom. The Morgan fingerprint density at radius 1 is 1.00 bits per heavy atom. The van der Waals surface area contributed by atoms with Crippen LogP contribution in [0.2, 0.25) is 0 Å². The zero-order valence-corrected chi connectivity index (χ0v) is 12.4. The van der Waals surface area contributed by atoms with Gasteiger partial charge in [0.05, 0.1) is 20.7 Å². The molecule has 21 heavy (non-hydrogen) atoms. The Labute approximate surface area is 128 Å². The van der Waals surface area contributed by atoms with Gasteiger partial charge in [0, 0.05) is 4.70 Å². The number of nitrogens with zero attached hydrogens (tertiary/aromatic N) is 1. The molecule has 2 aromatic carbocycles. The molecule has 3 nitrogen and oxygen atoms in total. The van der Waals surface area contributed by atoms with E-state index in [2.05, 4.69) is 23.2 Å². The first kappa shape index (κ1) is 12.5. The number of hydrogen-bond acceptors (Lipinski definition) is 4. The molecular weight excluding hydrogens is 302 g/mol. The van der Waals surface area contributed by atoms with Crippen molar-refractivity contribution in [2.45, 2.75) is 0 Å². The lowest BCUT2D eigenvalue weighted by atomic mass is 10.2. The largest absolute Gasteiger partial charge is 0.478 e. The molecule has 2 aromatic heterocycles. The van der Waals surface area contributed by atoms with Gasteiger partial charge in [-0.2, -0.15) is 0 Å². The van der Waals surface area contributed by atoms with Crippen molar-refractivity contribution in [3.8, 4) is 9.88 Å². The molecule has 5 heteroatoms. The van der Waals surface area contributed by atoms with Crippen molar-refractivity contribution >= 4 is 48.9 Å². The molecule has 0 aliphatic carbocycles. The number of hydrogen-bond donors (Lipinski definition) is 1. The highest BCUT2D eigenvalue weighted by atomic mass is 32.1. The Kier molecular flexibility index (Phi) is 2.77. The van der Waals surface area contributed by atoms with Crippen LogP contribution in [0.3, 0.4) is 0 Å². The molecule has 0 atom stereocenters. The zero-order valence-electron chi connectivity index (χ0n) is 10.7. The fourth-order valence-electron chi connectivity index (χ4n) is 2.25. The smallest absolute Gasteiger partial charge is 0.335 e. The van der Waals surface area contributed by atoms with Crippen molar-refractivity contribution in [1.29, 1.82) is 0 Å². The summed E-state index contributed by atoms with van der Waals surface area (Å²) in [5, 5.41) is 11.2. The van der Waals surface area contributed by atoms with E-state index in [9.17, 15) is 4.79 Å². The van der Waals surface area contributed by atoms with Crippen LogP contribution in [0.15, 0.2) is 48.5 Å². The third-order valence-corrected chi connectivity index (χ3v) is 5.58. The second-order valence-electron chi connectivity index (χ2n) is 4.66. The number of aromatic nitrogens is 1. The molecule has 0 saturated carbocycles. The summed E-state index contributed by atoms with van der Waals surface area (Å²) < 4.78 is 2.14. The fraction of sp³-hybridized carbons (Fsp3) is 0. The standard InChI is InChI=1S/C16H9NO2S2/c18-16(19)10-5-6-11-13(8-10)21-15(17-11)14-7-9-3-1-2-4-12(9)20-14/h1-8H,(H,18,19). The Hall–Kier alpha value is -2.24. The van der Waals surface area contributed by atoms with E-state index in [4.69, 9.17) is 5.11 Å². The first-order valence-electron chi connectivity index (χ1n) is 6.33. The van der Waals surface area contributed by atoms with Gasteiger partial charge in [-0.05, 0) is 35.7 Å². The van der Waals surface area contributed by atoms with Gasteiger partial charge in [0.2, 0.25) is 0 Å². The Bertz CT molecular complexity index is 951. The minimum Gasteiger partial charge on any atom is -0.478 e. The molecule has 102 valence electrons. The Morgan fingerprint density at radius 3 is 2.67 bits per heavy atom. The van der Waals surface area contributed by atoms with E-state index in [1.54, 1.807) is 29.5 Å². The van der Waals surface area contributed by atoms with Crippen molar-refractivity contribution in [2.24, 2.45) is 0 Å². The molecule has 0 spiro atoms.